The first-order valence-corrected chi connectivity index (χ1v) is 9.15. The topological polar surface area (TPSA) is 26.3 Å². The molecule has 4 aromatic carbocycles. The van der Waals surface area contributed by atoms with Crippen LogP contribution in [0.25, 0.3) is 43.9 Å². The number of hydrogen-bond donors (Lipinski definition) is 0. The van der Waals surface area contributed by atoms with Crippen LogP contribution in [0.2, 0.25) is 0 Å². The average molecular weight is 348 g/mol. The molecule has 6 rings (SSSR count). The van der Waals surface area contributed by atoms with E-state index in [0.29, 0.717) is 0 Å². The van der Waals surface area contributed by atoms with Gasteiger partial charge < -0.3 is 8.83 Å². The highest BCUT2D eigenvalue weighted by Gasteiger charge is 2.09. The van der Waals surface area contributed by atoms with Crippen molar-refractivity contribution in [1.82, 2.24) is 0 Å². The van der Waals surface area contributed by atoms with Crippen LogP contribution in [-0.2, 0) is 6.42 Å². The maximum Gasteiger partial charge on any atom is 0.135 e. The van der Waals surface area contributed by atoms with Gasteiger partial charge in [-0.15, -0.1) is 0 Å². The Morgan fingerprint density at radius 3 is 1.81 bits per heavy atom. The van der Waals surface area contributed by atoms with Crippen molar-refractivity contribution in [3.05, 3.63) is 96.1 Å². The van der Waals surface area contributed by atoms with Crippen molar-refractivity contribution in [3.8, 4) is 0 Å². The van der Waals surface area contributed by atoms with E-state index in [-0.39, 0.29) is 0 Å². The highest BCUT2D eigenvalue weighted by molar-refractivity contribution is 6.06. The molecule has 0 aliphatic carbocycles. The quantitative estimate of drug-likeness (QED) is 0.334. The summed E-state index contributed by atoms with van der Waals surface area (Å²) in [6.45, 7) is 0. The predicted octanol–water partition coefficient (Wildman–Crippen LogP) is 7.08. The van der Waals surface area contributed by atoms with Crippen molar-refractivity contribution in [2.75, 3.05) is 0 Å². The third-order valence-corrected chi connectivity index (χ3v) is 5.29. The summed E-state index contributed by atoms with van der Waals surface area (Å²) in [7, 11) is 0. The SMILES string of the molecule is c1ccc2c(c1)oc1cc(Cc3ccc4oc5ccccc5c4c3)ccc12. The molecule has 0 aliphatic heterocycles. The first kappa shape index (κ1) is 14.6. The summed E-state index contributed by atoms with van der Waals surface area (Å²) in [5, 5.41) is 4.69. The lowest BCUT2D eigenvalue weighted by Gasteiger charge is -2.02. The summed E-state index contributed by atoms with van der Waals surface area (Å²) in [4.78, 5) is 0. The zero-order valence-corrected chi connectivity index (χ0v) is 14.6. The zero-order chi connectivity index (χ0) is 17.8. The van der Waals surface area contributed by atoms with Crippen LogP contribution < -0.4 is 0 Å². The number of fused-ring (bicyclic) bond motifs is 6. The van der Waals surface area contributed by atoms with Gasteiger partial charge in [0.2, 0.25) is 0 Å². The fraction of sp³-hybridized carbons (Fsp3) is 0.0400. The summed E-state index contributed by atoms with van der Waals surface area (Å²) < 4.78 is 12.0. The molecule has 2 nitrogen and oxygen atoms in total. The van der Waals surface area contributed by atoms with Crippen molar-refractivity contribution in [1.29, 1.82) is 0 Å². The van der Waals surface area contributed by atoms with Crippen molar-refractivity contribution in [3.63, 3.8) is 0 Å². The number of rotatable bonds is 2. The maximum atomic E-state index is 6.03. The van der Waals surface area contributed by atoms with E-state index < -0.39 is 0 Å². The molecular weight excluding hydrogens is 332 g/mol. The normalized spacial score (nSPS) is 11.9. The zero-order valence-electron chi connectivity index (χ0n) is 14.6. The van der Waals surface area contributed by atoms with E-state index in [9.17, 15) is 0 Å². The summed E-state index contributed by atoms with van der Waals surface area (Å²) in [6, 6.07) is 29.4. The highest BCUT2D eigenvalue weighted by atomic mass is 16.3. The van der Waals surface area contributed by atoms with E-state index in [2.05, 4.69) is 60.7 Å². The molecule has 2 aromatic heterocycles. The number of benzene rings is 4. The lowest BCUT2D eigenvalue weighted by atomic mass is 10.0. The van der Waals surface area contributed by atoms with Gasteiger partial charge in [0, 0.05) is 21.5 Å². The van der Waals surface area contributed by atoms with Gasteiger partial charge in [0.05, 0.1) is 0 Å². The Morgan fingerprint density at radius 1 is 0.444 bits per heavy atom. The largest absolute Gasteiger partial charge is 0.456 e. The van der Waals surface area contributed by atoms with Crippen molar-refractivity contribution < 1.29 is 8.83 Å². The van der Waals surface area contributed by atoms with Crippen molar-refractivity contribution >= 4 is 43.9 Å². The molecule has 0 unspecified atom stereocenters. The third kappa shape index (κ3) is 2.27. The van der Waals surface area contributed by atoms with E-state index in [1.165, 1.54) is 32.7 Å². The van der Waals surface area contributed by atoms with Gasteiger partial charge in [-0.2, -0.15) is 0 Å². The molecule has 0 fully saturated rings. The van der Waals surface area contributed by atoms with E-state index in [1.807, 2.05) is 24.3 Å². The number of furan rings is 2. The minimum Gasteiger partial charge on any atom is -0.456 e. The average Bonchev–Trinajstić information content (AvgIpc) is 3.25. The number of para-hydroxylation sites is 2. The van der Waals surface area contributed by atoms with Crippen LogP contribution in [0.4, 0.5) is 0 Å². The van der Waals surface area contributed by atoms with Crippen LogP contribution in [0.3, 0.4) is 0 Å². The van der Waals surface area contributed by atoms with Crippen LogP contribution in [-0.4, -0.2) is 0 Å². The lowest BCUT2D eigenvalue weighted by Crippen LogP contribution is -1.87. The van der Waals surface area contributed by atoms with Gasteiger partial charge in [0.15, 0.2) is 0 Å². The molecule has 0 atom stereocenters. The second-order valence-corrected chi connectivity index (χ2v) is 7.03. The monoisotopic (exact) mass is 348 g/mol. The van der Waals surface area contributed by atoms with E-state index >= 15 is 0 Å². The second-order valence-electron chi connectivity index (χ2n) is 7.03. The van der Waals surface area contributed by atoms with Crippen LogP contribution in [0.5, 0.6) is 0 Å². The van der Waals surface area contributed by atoms with Gasteiger partial charge in [0.25, 0.3) is 0 Å². The van der Waals surface area contributed by atoms with Crippen LogP contribution in [0.15, 0.2) is 93.8 Å². The molecule has 2 heteroatoms. The Balaban J connectivity index is 1.44. The Labute approximate surface area is 155 Å². The van der Waals surface area contributed by atoms with Crippen molar-refractivity contribution in [2.45, 2.75) is 6.42 Å². The van der Waals surface area contributed by atoms with E-state index in [1.54, 1.807) is 0 Å². The molecule has 0 amide bonds. The Hall–Kier alpha value is -3.52. The first-order valence-electron chi connectivity index (χ1n) is 9.15. The molecule has 0 spiro atoms. The summed E-state index contributed by atoms with van der Waals surface area (Å²) in [5.41, 5.74) is 6.28. The maximum absolute atomic E-state index is 6.03. The standard InChI is InChI=1S/C25H16O2/c1-3-7-22-18(5-1)20-11-9-17(15-25(20)27-22)13-16-10-12-24-21(14-16)19-6-2-4-8-23(19)26-24/h1-12,14-15H,13H2. The molecule has 6 aromatic rings. The smallest absolute Gasteiger partial charge is 0.135 e. The molecule has 0 radical (unpaired) electrons. The Bertz CT molecular complexity index is 1450. The molecule has 2 heterocycles. The molecule has 128 valence electrons. The van der Waals surface area contributed by atoms with Gasteiger partial charge >= 0.3 is 0 Å². The summed E-state index contributed by atoms with van der Waals surface area (Å²) in [5.74, 6) is 0. The summed E-state index contributed by atoms with van der Waals surface area (Å²) in [6.07, 6.45) is 0.864. The first-order chi connectivity index (χ1) is 13.3. The summed E-state index contributed by atoms with van der Waals surface area (Å²) >= 11 is 0. The van der Waals surface area contributed by atoms with Gasteiger partial charge in [-0.3, -0.25) is 0 Å². The van der Waals surface area contributed by atoms with Crippen LogP contribution in [0, 0.1) is 0 Å². The van der Waals surface area contributed by atoms with Gasteiger partial charge in [0.1, 0.15) is 22.3 Å². The van der Waals surface area contributed by atoms with Gasteiger partial charge in [-0.1, -0.05) is 54.6 Å². The Kier molecular flexibility index (Phi) is 2.97. The fourth-order valence-electron chi connectivity index (χ4n) is 4.00. The molecule has 0 saturated carbocycles. The van der Waals surface area contributed by atoms with Crippen LogP contribution >= 0.6 is 0 Å². The molecule has 0 bridgehead atoms. The Morgan fingerprint density at radius 2 is 1.00 bits per heavy atom. The fourth-order valence-corrected chi connectivity index (χ4v) is 4.00. The predicted molar refractivity (Wildman–Crippen MR) is 110 cm³/mol. The van der Waals surface area contributed by atoms with E-state index in [4.69, 9.17) is 8.83 Å². The second kappa shape index (κ2) is 5.49. The number of hydrogen-bond acceptors (Lipinski definition) is 2. The van der Waals surface area contributed by atoms with Gasteiger partial charge in [-0.05, 0) is 47.9 Å². The minimum absolute atomic E-state index is 0.864. The molecule has 0 saturated heterocycles. The van der Waals surface area contributed by atoms with Crippen molar-refractivity contribution in [2.24, 2.45) is 0 Å². The molecule has 27 heavy (non-hydrogen) atoms. The minimum atomic E-state index is 0.864. The lowest BCUT2D eigenvalue weighted by molar-refractivity contribution is 0.668. The van der Waals surface area contributed by atoms with Crippen LogP contribution in [0.1, 0.15) is 11.1 Å². The highest BCUT2D eigenvalue weighted by Crippen LogP contribution is 2.31. The third-order valence-electron chi connectivity index (χ3n) is 5.29. The molecule has 0 aliphatic rings. The molecular formula is C25H16O2. The molecule has 0 N–H and O–H groups in total. The van der Waals surface area contributed by atoms with E-state index in [0.717, 1.165) is 28.8 Å². The van der Waals surface area contributed by atoms with Gasteiger partial charge in [-0.25, -0.2) is 0 Å².